The summed E-state index contributed by atoms with van der Waals surface area (Å²) in [7, 11) is 0. The van der Waals surface area contributed by atoms with Crippen molar-refractivity contribution in [1.29, 1.82) is 0 Å². The van der Waals surface area contributed by atoms with Gasteiger partial charge in [-0.1, -0.05) is 57.3 Å². The minimum atomic E-state index is -0.388. The van der Waals surface area contributed by atoms with Crippen LogP contribution in [0.3, 0.4) is 0 Å². The number of benzene rings is 3. The summed E-state index contributed by atoms with van der Waals surface area (Å²) < 4.78 is 0.894. The number of amides is 2. The second-order valence-corrected chi connectivity index (χ2v) is 11.1. The average molecular weight is 626 g/mol. The molecule has 0 aliphatic rings. The van der Waals surface area contributed by atoms with E-state index in [0.29, 0.717) is 58.9 Å². The van der Waals surface area contributed by atoms with Crippen LogP contribution in [-0.4, -0.2) is 16.8 Å². The zero-order chi connectivity index (χ0) is 27.0. The smallest absolute Gasteiger partial charge is 0.267 e. The highest BCUT2D eigenvalue weighted by Crippen LogP contribution is 2.44. The lowest BCUT2D eigenvalue weighted by atomic mass is 9.94. The number of nitrogens with zero attached hydrogens (tertiary/aromatic N) is 1. The van der Waals surface area contributed by atoms with Crippen LogP contribution in [0.5, 0.6) is 0 Å². The molecule has 0 radical (unpaired) electrons. The molecule has 0 bridgehead atoms. The molecule has 0 spiro atoms. The Balaban J connectivity index is 1.67. The van der Waals surface area contributed by atoms with Gasteiger partial charge in [-0.2, -0.15) is 0 Å². The van der Waals surface area contributed by atoms with Crippen LogP contribution in [0.4, 0.5) is 17.1 Å². The number of thiophene rings is 1. The molecule has 5 aromatic rings. The molecule has 3 aromatic carbocycles. The molecule has 2 heterocycles. The fourth-order valence-corrected chi connectivity index (χ4v) is 5.76. The molecular formula is C28H19BrCl2N4O2S. The number of nitrogens with one attached hydrogen (secondary N) is 2. The number of aryl methyl sites for hydroxylation is 1. The first-order valence-corrected chi connectivity index (χ1v) is 13.7. The maximum atomic E-state index is 13.6. The minimum Gasteiger partial charge on any atom is -0.397 e. The Bertz CT molecular complexity index is 1700. The van der Waals surface area contributed by atoms with Crippen molar-refractivity contribution in [2.45, 2.75) is 6.92 Å². The number of carbonyl (C=O) groups is 2. The largest absolute Gasteiger partial charge is 0.397 e. The maximum Gasteiger partial charge on any atom is 0.267 e. The number of rotatable bonds is 5. The number of halogens is 3. The number of hydrogen-bond donors (Lipinski definition) is 3. The Morgan fingerprint density at radius 2 is 1.50 bits per heavy atom. The van der Waals surface area contributed by atoms with Gasteiger partial charge < -0.3 is 16.4 Å². The number of anilines is 3. The highest BCUT2D eigenvalue weighted by Gasteiger charge is 2.27. The topological polar surface area (TPSA) is 97.1 Å². The molecule has 0 unspecified atom stereocenters. The van der Waals surface area contributed by atoms with Gasteiger partial charge in [0, 0.05) is 42.4 Å². The molecule has 4 N–H and O–H groups in total. The molecule has 0 aliphatic heterocycles. The second-order valence-electron chi connectivity index (χ2n) is 8.37. The van der Waals surface area contributed by atoms with E-state index < -0.39 is 0 Å². The standard InChI is InChI=1S/C28H19BrCl2N4O2S/c1-14-21(26(36)34-18-12-8-16(30)9-13-18)22(19-4-2-3-5-20(19)31)23-24(32)25(38-28(23)33-14)27(37)35-17-10-6-15(29)7-11-17/h2-13H,32H2,1H3,(H,34,36)(H,35,37). The van der Waals surface area contributed by atoms with Gasteiger partial charge in [0.2, 0.25) is 0 Å². The zero-order valence-corrected chi connectivity index (χ0v) is 23.7. The molecule has 2 aromatic heterocycles. The van der Waals surface area contributed by atoms with Gasteiger partial charge in [-0.25, -0.2) is 4.98 Å². The van der Waals surface area contributed by atoms with Crippen LogP contribution in [0.25, 0.3) is 21.3 Å². The van der Waals surface area contributed by atoms with Gasteiger partial charge in [-0.15, -0.1) is 11.3 Å². The third kappa shape index (κ3) is 5.13. The lowest BCUT2D eigenvalue weighted by molar-refractivity contribution is 0.102. The van der Waals surface area contributed by atoms with Crippen molar-refractivity contribution in [2.75, 3.05) is 16.4 Å². The first-order chi connectivity index (χ1) is 18.2. The van der Waals surface area contributed by atoms with E-state index in [-0.39, 0.29) is 17.5 Å². The molecule has 0 saturated carbocycles. The number of fused-ring (bicyclic) bond motifs is 1. The normalized spacial score (nSPS) is 10.9. The highest BCUT2D eigenvalue weighted by atomic mass is 79.9. The van der Waals surface area contributed by atoms with E-state index in [4.69, 9.17) is 28.9 Å². The van der Waals surface area contributed by atoms with E-state index in [1.54, 1.807) is 55.5 Å². The van der Waals surface area contributed by atoms with E-state index in [9.17, 15) is 9.59 Å². The molecule has 0 aliphatic carbocycles. The van der Waals surface area contributed by atoms with Crippen LogP contribution in [-0.2, 0) is 0 Å². The van der Waals surface area contributed by atoms with Crippen molar-refractivity contribution in [3.05, 3.63) is 103 Å². The van der Waals surface area contributed by atoms with E-state index >= 15 is 0 Å². The third-order valence-corrected chi connectivity index (χ3v) is 8.05. The molecule has 10 heteroatoms. The Hall–Kier alpha value is -3.43. The molecule has 0 atom stereocenters. The molecule has 5 rings (SSSR count). The van der Waals surface area contributed by atoms with Crippen LogP contribution in [0.15, 0.2) is 77.3 Å². The van der Waals surface area contributed by atoms with E-state index in [1.165, 1.54) is 0 Å². The predicted octanol–water partition coefficient (Wildman–Crippen LogP) is 8.43. The summed E-state index contributed by atoms with van der Waals surface area (Å²) in [5.41, 5.74) is 9.92. The molecule has 190 valence electrons. The van der Waals surface area contributed by atoms with Gasteiger partial charge in [-0.05, 0) is 61.5 Å². The van der Waals surface area contributed by atoms with E-state index in [1.807, 2.05) is 24.3 Å². The molecule has 6 nitrogen and oxygen atoms in total. The number of aromatic nitrogens is 1. The number of hydrogen-bond acceptors (Lipinski definition) is 5. The van der Waals surface area contributed by atoms with Crippen molar-refractivity contribution >= 4 is 89.6 Å². The molecule has 38 heavy (non-hydrogen) atoms. The first-order valence-electron chi connectivity index (χ1n) is 11.3. The van der Waals surface area contributed by atoms with Gasteiger partial charge in [0.05, 0.1) is 16.9 Å². The number of nitrogens with two attached hydrogens (primary N) is 1. The Morgan fingerprint density at radius 3 is 2.16 bits per heavy atom. The van der Waals surface area contributed by atoms with Gasteiger partial charge >= 0.3 is 0 Å². The van der Waals surface area contributed by atoms with Gasteiger partial charge in [-0.3, -0.25) is 9.59 Å². The van der Waals surface area contributed by atoms with Gasteiger partial charge in [0.15, 0.2) is 0 Å². The molecule has 0 saturated heterocycles. The minimum absolute atomic E-state index is 0.225. The molecular weight excluding hydrogens is 607 g/mol. The van der Waals surface area contributed by atoms with E-state index in [2.05, 4.69) is 31.5 Å². The summed E-state index contributed by atoms with van der Waals surface area (Å²) in [5.74, 6) is -0.761. The van der Waals surface area contributed by atoms with Gasteiger partial charge in [0.25, 0.3) is 11.8 Å². The van der Waals surface area contributed by atoms with Crippen LogP contribution in [0, 0.1) is 6.92 Å². The van der Waals surface area contributed by atoms with Crippen molar-refractivity contribution in [1.82, 2.24) is 4.98 Å². The van der Waals surface area contributed by atoms with Crippen LogP contribution < -0.4 is 16.4 Å². The summed E-state index contributed by atoms with van der Waals surface area (Å²) >= 11 is 17.2. The number of carbonyl (C=O) groups excluding carboxylic acids is 2. The van der Waals surface area contributed by atoms with Crippen LogP contribution >= 0.6 is 50.5 Å². The van der Waals surface area contributed by atoms with Crippen LogP contribution in [0.2, 0.25) is 10.0 Å². The maximum absolute atomic E-state index is 13.6. The lowest BCUT2D eigenvalue weighted by Gasteiger charge is -2.16. The fourth-order valence-electron chi connectivity index (χ4n) is 4.09. The zero-order valence-electron chi connectivity index (χ0n) is 19.8. The average Bonchev–Trinajstić information content (AvgIpc) is 3.22. The van der Waals surface area contributed by atoms with Crippen LogP contribution in [0.1, 0.15) is 25.7 Å². The SMILES string of the molecule is Cc1nc2sc(C(=O)Nc3ccc(Br)cc3)c(N)c2c(-c2ccccc2Cl)c1C(=O)Nc1ccc(Cl)cc1. The van der Waals surface area contributed by atoms with Crippen molar-refractivity contribution in [3.8, 4) is 11.1 Å². The summed E-state index contributed by atoms with van der Waals surface area (Å²) in [6.45, 7) is 1.74. The van der Waals surface area contributed by atoms with E-state index in [0.717, 1.165) is 15.8 Å². The number of nitrogen functional groups attached to an aromatic ring is 1. The van der Waals surface area contributed by atoms with Gasteiger partial charge in [0.1, 0.15) is 9.71 Å². The first kappa shape index (κ1) is 26.2. The quantitative estimate of drug-likeness (QED) is 0.183. The summed E-state index contributed by atoms with van der Waals surface area (Å²) in [4.78, 5) is 32.4. The second kappa shape index (κ2) is 10.7. The predicted molar refractivity (Wildman–Crippen MR) is 161 cm³/mol. The monoisotopic (exact) mass is 624 g/mol. The van der Waals surface area contributed by atoms with Crippen molar-refractivity contribution in [2.24, 2.45) is 0 Å². The summed E-state index contributed by atoms with van der Waals surface area (Å²) in [6.07, 6.45) is 0. The third-order valence-electron chi connectivity index (χ3n) is 5.84. The summed E-state index contributed by atoms with van der Waals surface area (Å²) in [6, 6.07) is 21.2. The summed E-state index contributed by atoms with van der Waals surface area (Å²) in [5, 5.41) is 7.27. The molecule has 0 fully saturated rings. The Morgan fingerprint density at radius 1 is 0.895 bits per heavy atom. The number of pyridine rings is 1. The fraction of sp³-hybridized carbons (Fsp3) is 0.0357. The Labute approximate surface area is 240 Å². The lowest BCUT2D eigenvalue weighted by Crippen LogP contribution is -2.16. The van der Waals surface area contributed by atoms with Crippen molar-refractivity contribution < 1.29 is 9.59 Å². The highest BCUT2D eigenvalue weighted by molar-refractivity contribution is 9.10. The molecule has 2 amide bonds. The Kier molecular flexibility index (Phi) is 7.40. The van der Waals surface area contributed by atoms with Crippen molar-refractivity contribution in [3.63, 3.8) is 0 Å².